The van der Waals surface area contributed by atoms with Crippen molar-refractivity contribution < 1.29 is 18.0 Å². The van der Waals surface area contributed by atoms with Gasteiger partial charge in [0.25, 0.3) is 15.9 Å². The Labute approximate surface area is 138 Å². The van der Waals surface area contributed by atoms with E-state index in [1.54, 1.807) is 18.2 Å². The number of aliphatic imine (C=N–C) groups is 1. The van der Waals surface area contributed by atoms with Crippen molar-refractivity contribution in [3.8, 4) is 0 Å². The molecule has 0 atom stereocenters. The number of nitrogens with zero attached hydrogens (tertiary/aromatic N) is 1. The molecule has 0 bridgehead atoms. The molecule has 122 valence electrons. The molecule has 2 amide bonds. The Kier molecular flexibility index (Phi) is 3.90. The number of para-hydroxylation sites is 1. The van der Waals surface area contributed by atoms with Crippen molar-refractivity contribution in [2.45, 2.75) is 11.8 Å². The highest BCUT2D eigenvalue weighted by atomic mass is 32.2. The number of carbonyl (C=O) groups is 2. The van der Waals surface area contributed by atoms with Crippen molar-refractivity contribution in [3.63, 3.8) is 0 Å². The van der Waals surface area contributed by atoms with Gasteiger partial charge in [0.15, 0.2) is 0 Å². The van der Waals surface area contributed by atoms with Gasteiger partial charge in [-0.15, -0.1) is 0 Å². The van der Waals surface area contributed by atoms with Gasteiger partial charge in [-0.25, -0.2) is 18.1 Å². The van der Waals surface area contributed by atoms with E-state index in [1.165, 1.54) is 24.3 Å². The Hall–Kier alpha value is -3.00. The molecule has 7 nitrogen and oxygen atoms in total. The maximum absolute atomic E-state index is 12.0. The second-order valence-electron chi connectivity index (χ2n) is 5.12. The van der Waals surface area contributed by atoms with Crippen LogP contribution in [0.5, 0.6) is 0 Å². The zero-order valence-electron chi connectivity index (χ0n) is 12.6. The number of benzene rings is 2. The molecule has 0 aliphatic carbocycles. The molecular formula is C16H13N3O4S. The van der Waals surface area contributed by atoms with Gasteiger partial charge >= 0.3 is 0 Å². The molecule has 2 aromatic carbocycles. The zero-order valence-corrected chi connectivity index (χ0v) is 13.4. The quantitative estimate of drug-likeness (QED) is 0.883. The van der Waals surface area contributed by atoms with Gasteiger partial charge in [0, 0.05) is 12.5 Å². The first-order valence-corrected chi connectivity index (χ1v) is 8.48. The Bertz CT molecular complexity index is 963. The van der Waals surface area contributed by atoms with Gasteiger partial charge in [-0.3, -0.25) is 9.59 Å². The first-order chi connectivity index (χ1) is 11.4. The normalized spacial score (nSPS) is 15.0. The first-order valence-electron chi connectivity index (χ1n) is 7.00. The van der Waals surface area contributed by atoms with Crippen LogP contribution in [0.3, 0.4) is 0 Å². The molecule has 3 rings (SSSR count). The number of hydrogen-bond acceptors (Lipinski definition) is 5. The van der Waals surface area contributed by atoms with Gasteiger partial charge in [0.05, 0.1) is 16.3 Å². The lowest BCUT2D eigenvalue weighted by Gasteiger charge is -2.04. The highest BCUT2D eigenvalue weighted by molar-refractivity contribution is 7.90. The fourth-order valence-electron chi connectivity index (χ4n) is 2.29. The van der Waals surface area contributed by atoms with Crippen LogP contribution in [-0.2, 0) is 19.6 Å². The zero-order chi connectivity index (χ0) is 17.3. The average Bonchev–Trinajstić information content (AvgIpc) is 2.83. The lowest BCUT2D eigenvalue weighted by atomic mass is 10.1. The molecule has 0 saturated heterocycles. The SMILES string of the molecule is CC(=O)NS(=O)(=O)c1ccc(/N=C2\C(=O)Nc3ccccc32)cc1. The summed E-state index contributed by atoms with van der Waals surface area (Å²) in [6.45, 7) is 1.12. The first kappa shape index (κ1) is 15.9. The fourth-order valence-corrected chi connectivity index (χ4v) is 3.28. The van der Waals surface area contributed by atoms with Crippen LogP contribution in [0.2, 0.25) is 0 Å². The van der Waals surface area contributed by atoms with Gasteiger partial charge in [-0.05, 0) is 30.3 Å². The predicted molar refractivity (Wildman–Crippen MR) is 88.7 cm³/mol. The number of nitrogens with one attached hydrogen (secondary N) is 2. The summed E-state index contributed by atoms with van der Waals surface area (Å²) in [6.07, 6.45) is 0. The van der Waals surface area contributed by atoms with Gasteiger partial charge in [0.2, 0.25) is 5.91 Å². The molecule has 1 aliphatic rings. The molecule has 0 fully saturated rings. The molecule has 0 saturated carbocycles. The number of carbonyl (C=O) groups excluding carboxylic acids is 2. The van der Waals surface area contributed by atoms with E-state index in [2.05, 4.69) is 10.3 Å². The van der Waals surface area contributed by atoms with Crippen LogP contribution in [0.1, 0.15) is 12.5 Å². The molecule has 2 N–H and O–H groups in total. The Balaban J connectivity index is 1.93. The van der Waals surface area contributed by atoms with Gasteiger partial charge < -0.3 is 5.32 Å². The van der Waals surface area contributed by atoms with Gasteiger partial charge in [-0.1, -0.05) is 18.2 Å². The third-order valence-corrected chi connectivity index (χ3v) is 4.76. The van der Waals surface area contributed by atoms with Crippen molar-refractivity contribution in [1.82, 2.24) is 4.72 Å². The van der Waals surface area contributed by atoms with E-state index >= 15 is 0 Å². The van der Waals surface area contributed by atoms with E-state index in [9.17, 15) is 18.0 Å². The summed E-state index contributed by atoms with van der Waals surface area (Å²) in [6, 6.07) is 12.8. The lowest BCUT2D eigenvalue weighted by Crippen LogP contribution is -2.28. The second-order valence-corrected chi connectivity index (χ2v) is 6.80. The number of amides is 2. The predicted octanol–water partition coefficient (Wildman–Crippen LogP) is 1.58. The van der Waals surface area contributed by atoms with E-state index in [1.807, 2.05) is 10.8 Å². The highest BCUT2D eigenvalue weighted by Gasteiger charge is 2.25. The lowest BCUT2D eigenvalue weighted by molar-refractivity contribution is -0.117. The van der Waals surface area contributed by atoms with E-state index < -0.39 is 15.9 Å². The molecule has 24 heavy (non-hydrogen) atoms. The largest absolute Gasteiger partial charge is 0.320 e. The molecule has 0 unspecified atom stereocenters. The molecule has 8 heteroatoms. The molecule has 0 radical (unpaired) electrons. The maximum atomic E-state index is 12.0. The minimum atomic E-state index is -3.89. The summed E-state index contributed by atoms with van der Waals surface area (Å²) < 4.78 is 25.6. The van der Waals surface area contributed by atoms with Crippen LogP contribution < -0.4 is 10.0 Å². The molecule has 2 aromatic rings. The fraction of sp³-hybridized carbons (Fsp3) is 0.0625. The van der Waals surface area contributed by atoms with Crippen molar-refractivity contribution in [1.29, 1.82) is 0 Å². The summed E-state index contributed by atoms with van der Waals surface area (Å²) >= 11 is 0. The average molecular weight is 343 g/mol. The molecule has 0 aromatic heterocycles. The topological polar surface area (TPSA) is 105 Å². The van der Waals surface area contributed by atoms with Crippen molar-refractivity contribution in [2.75, 3.05) is 5.32 Å². The van der Waals surface area contributed by atoms with Crippen molar-refractivity contribution >= 4 is 38.9 Å². The molecule has 1 aliphatic heterocycles. The summed E-state index contributed by atoms with van der Waals surface area (Å²) in [5, 5.41) is 2.71. The third-order valence-electron chi connectivity index (χ3n) is 3.31. The van der Waals surface area contributed by atoms with E-state index in [4.69, 9.17) is 0 Å². The minimum absolute atomic E-state index is 0.0575. The van der Waals surface area contributed by atoms with E-state index in [0.717, 1.165) is 6.92 Å². The Morgan fingerprint density at radius 1 is 1.08 bits per heavy atom. The van der Waals surface area contributed by atoms with Crippen LogP contribution >= 0.6 is 0 Å². The highest BCUT2D eigenvalue weighted by Crippen LogP contribution is 2.25. The van der Waals surface area contributed by atoms with Crippen LogP contribution in [0.4, 0.5) is 11.4 Å². The summed E-state index contributed by atoms with van der Waals surface area (Å²) in [4.78, 5) is 27.2. The van der Waals surface area contributed by atoms with Gasteiger partial charge in [-0.2, -0.15) is 0 Å². The van der Waals surface area contributed by atoms with Crippen LogP contribution in [0, 0.1) is 0 Å². The summed E-state index contributed by atoms with van der Waals surface area (Å²) in [5.41, 5.74) is 2.07. The standard InChI is InChI=1S/C16H13N3O4S/c1-10(20)19-24(22,23)12-8-6-11(7-9-12)17-15-13-4-2-3-5-14(13)18-16(15)21/h2-9H,1H3,(H,19,20)(H,17,18,21). The molecule has 1 heterocycles. The van der Waals surface area contributed by atoms with Crippen LogP contribution in [-0.4, -0.2) is 25.9 Å². The number of anilines is 1. The third kappa shape index (κ3) is 3.04. The molecule has 0 spiro atoms. The monoisotopic (exact) mass is 343 g/mol. The smallest absolute Gasteiger partial charge is 0.275 e. The second kappa shape index (κ2) is 5.89. The maximum Gasteiger partial charge on any atom is 0.275 e. The Morgan fingerprint density at radius 3 is 2.42 bits per heavy atom. The van der Waals surface area contributed by atoms with Crippen LogP contribution in [0.15, 0.2) is 58.4 Å². The summed E-state index contributed by atoms with van der Waals surface area (Å²) in [5.74, 6) is -0.982. The number of hydrogen-bond donors (Lipinski definition) is 2. The van der Waals surface area contributed by atoms with Crippen LogP contribution in [0.25, 0.3) is 0 Å². The number of sulfonamides is 1. The van der Waals surface area contributed by atoms with E-state index in [0.29, 0.717) is 16.9 Å². The van der Waals surface area contributed by atoms with Gasteiger partial charge in [0.1, 0.15) is 5.71 Å². The van der Waals surface area contributed by atoms with Crippen molar-refractivity contribution in [2.24, 2.45) is 4.99 Å². The number of fused-ring (bicyclic) bond motifs is 1. The van der Waals surface area contributed by atoms with Crippen molar-refractivity contribution in [3.05, 3.63) is 54.1 Å². The number of rotatable bonds is 3. The Morgan fingerprint density at radius 2 is 1.75 bits per heavy atom. The van der Waals surface area contributed by atoms with E-state index in [-0.39, 0.29) is 16.5 Å². The summed E-state index contributed by atoms with van der Waals surface area (Å²) in [7, 11) is -3.89. The minimum Gasteiger partial charge on any atom is -0.320 e. The molecular weight excluding hydrogens is 330 g/mol.